The van der Waals surface area contributed by atoms with Crippen LogP contribution in [0.2, 0.25) is 0 Å². The molecule has 1 heterocycles. The van der Waals surface area contributed by atoms with Crippen LogP contribution >= 0.6 is 11.8 Å². The van der Waals surface area contributed by atoms with Gasteiger partial charge in [0.05, 0.1) is 6.61 Å². The van der Waals surface area contributed by atoms with Gasteiger partial charge in [-0.3, -0.25) is 9.69 Å². The van der Waals surface area contributed by atoms with Crippen LogP contribution in [0.25, 0.3) is 0 Å². The Bertz CT molecular complexity index is 559. The molecule has 126 valence electrons. The molecule has 0 radical (unpaired) electrons. The van der Waals surface area contributed by atoms with Crippen molar-refractivity contribution in [2.45, 2.75) is 17.9 Å². The van der Waals surface area contributed by atoms with Crippen molar-refractivity contribution in [1.29, 1.82) is 0 Å². The van der Waals surface area contributed by atoms with Gasteiger partial charge in [0.15, 0.2) is 0 Å². The molecule has 1 aliphatic heterocycles. The van der Waals surface area contributed by atoms with Crippen LogP contribution in [-0.4, -0.2) is 66.0 Å². The summed E-state index contributed by atoms with van der Waals surface area (Å²) in [6, 6.07) is 6.88. The molecule has 2 rings (SSSR count). The second-order valence-corrected chi connectivity index (χ2v) is 6.05. The molecule has 0 aromatic heterocycles. The maximum atomic E-state index is 11.8. The molecule has 1 aliphatic rings. The molecule has 0 bridgehead atoms. The molecule has 1 saturated heterocycles. The van der Waals surface area contributed by atoms with E-state index in [0.717, 1.165) is 10.5 Å². The maximum absolute atomic E-state index is 11.8. The molecule has 23 heavy (non-hydrogen) atoms. The normalized spacial score (nSPS) is 16.9. The van der Waals surface area contributed by atoms with E-state index in [1.165, 1.54) is 0 Å². The van der Waals surface area contributed by atoms with E-state index in [1.807, 2.05) is 35.4 Å². The fourth-order valence-corrected chi connectivity index (χ4v) is 3.39. The lowest BCUT2D eigenvalue weighted by Crippen LogP contribution is -2.51. The number of rotatable bonds is 5. The van der Waals surface area contributed by atoms with E-state index >= 15 is 0 Å². The first-order valence-corrected chi connectivity index (χ1v) is 8.82. The molecule has 1 atom stereocenters. The van der Waals surface area contributed by atoms with Crippen LogP contribution in [0.15, 0.2) is 29.2 Å². The van der Waals surface area contributed by atoms with E-state index in [1.54, 1.807) is 23.6 Å². The summed E-state index contributed by atoms with van der Waals surface area (Å²) < 4.78 is 4.99. The molecule has 0 aliphatic carbocycles. The van der Waals surface area contributed by atoms with Crippen molar-refractivity contribution in [3.8, 4) is 0 Å². The van der Waals surface area contributed by atoms with Gasteiger partial charge in [-0.1, -0.05) is 18.2 Å². The Balaban J connectivity index is 2.12. The van der Waals surface area contributed by atoms with Gasteiger partial charge < -0.3 is 14.7 Å². The molecule has 1 aromatic rings. The molecule has 1 amide bonds. The highest BCUT2D eigenvalue weighted by Gasteiger charge is 2.33. The van der Waals surface area contributed by atoms with Gasteiger partial charge in [-0.15, -0.1) is 11.8 Å². The third-order valence-corrected chi connectivity index (χ3v) is 4.68. The van der Waals surface area contributed by atoms with Crippen LogP contribution < -0.4 is 0 Å². The number of nitrogens with zero attached hydrogens (tertiary/aromatic N) is 2. The zero-order chi connectivity index (χ0) is 16.8. The first-order chi connectivity index (χ1) is 11.1. The van der Waals surface area contributed by atoms with Crippen LogP contribution in [0.5, 0.6) is 0 Å². The van der Waals surface area contributed by atoms with Crippen molar-refractivity contribution in [2.24, 2.45) is 0 Å². The van der Waals surface area contributed by atoms with Gasteiger partial charge >= 0.3 is 12.1 Å². The Labute approximate surface area is 140 Å². The van der Waals surface area contributed by atoms with Crippen molar-refractivity contribution in [1.82, 2.24) is 9.80 Å². The Hall–Kier alpha value is -1.73. The maximum Gasteiger partial charge on any atom is 0.409 e. The predicted molar refractivity (Wildman–Crippen MR) is 88.8 cm³/mol. The Morgan fingerprint density at radius 3 is 2.48 bits per heavy atom. The summed E-state index contributed by atoms with van der Waals surface area (Å²) in [4.78, 5) is 28.1. The number of carbonyl (C=O) groups excluding carboxylic acids is 1. The second kappa shape index (κ2) is 8.21. The molecular formula is C16H22N2O4S. The van der Waals surface area contributed by atoms with E-state index in [4.69, 9.17) is 4.74 Å². The van der Waals surface area contributed by atoms with Gasteiger partial charge in [0.2, 0.25) is 0 Å². The van der Waals surface area contributed by atoms with E-state index in [9.17, 15) is 14.7 Å². The van der Waals surface area contributed by atoms with Crippen LogP contribution in [0.4, 0.5) is 4.79 Å². The van der Waals surface area contributed by atoms with Crippen LogP contribution in [0.3, 0.4) is 0 Å². The fourth-order valence-electron chi connectivity index (χ4n) is 2.76. The van der Waals surface area contributed by atoms with Crippen LogP contribution in [-0.2, 0) is 9.53 Å². The number of hydrogen-bond donors (Lipinski definition) is 1. The number of aliphatic carboxylic acids is 1. The Morgan fingerprint density at radius 1 is 1.26 bits per heavy atom. The molecule has 6 nitrogen and oxygen atoms in total. The van der Waals surface area contributed by atoms with Gasteiger partial charge in [-0.05, 0) is 24.8 Å². The lowest BCUT2D eigenvalue weighted by molar-refractivity contribution is -0.144. The predicted octanol–water partition coefficient (Wildman–Crippen LogP) is 2.31. The smallest absolute Gasteiger partial charge is 0.409 e. The van der Waals surface area contributed by atoms with Gasteiger partial charge in [0.25, 0.3) is 0 Å². The molecule has 0 saturated carbocycles. The number of carboxylic acids is 1. The van der Waals surface area contributed by atoms with Gasteiger partial charge in [0.1, 0.15) is 6.04 Å². The topological polar surface area (TPSA) is 70.1 Å². The summed E-state index contributed by atoms with van der Waals surface area (Å²) in [7, 11) is 0. The van der Waals surface area contributed by atoms with Crippen molar-refractivity contribution >= 4 is 23.8 Å². The lowest BCUT2D eigenvalue weighted by atomic mass is 10.0. The summed E-state index contributed by atoms with van der Waals surface area (Å²) in [6.45, 7) is 4.09. The van der Waals surface area contributed by atoms with E-state index < -0.39 is 12.0 Å². The zero-order valence-corrected chi connectivity index (χ0v) is 14.2. The summed E-state index contributed by atoms with van der Waals surface area (Å²) in [5.74, 6) is -0.865. The number of carboxylic acid groups (broad SMARTS) is 1. The molecule has 1 fully saturated rings. The molecule has 1 aromatic carbocycles. The van der Waals surface area contributed by atoms with Crippen LogP contribution in [0.1, 0.15) is 18.5 Å². The average molecular weight is 338 g/mol. The Kier molecular flexibility index (Phi) is 6.29. The largest absolute Gasteiger partial charge is 0.480 e. The summed E-state index contributed by atoms with van der Waals surface area (Å²) >= 11 is 1.54. The minimum Gasteiger partial charge on any atom is -0.480 e. The lowest BCUT2D eigenvalue weighted by Gasteiger charge is -2.37. The highest BCUT2D eigenvalue weighted by molar-refractivity contribution is 7.98. The number of piperazine rings is 1. The minimum atomic E-state index is -0.865. The summed E-state index contributed by atoms with van der Waals surface area (Å²) in [6.07, 6.45) is 1.61. The van der Waals surface area contributed by atoms with Crippen LogP contribution in [0, 0.1) is 0 Å². The number of carbonyl (C=O) groups is 2. The number of benzene rings is 1. The molecule has 7 heteroatoms. The molecular weight excluding hydrogens is 316 g/mol. The third-order valence-electron chi connectivity index (χ3n) is 3.87. The summed E-state index contributed by atoms with van der Waals surface area (Å²) in [5, 5.41) is 9.70. The molecule has 0 spiro atoms. The molecule has 0 unspecified atom stereocenters. The van der Waals surface area contributed by atoms with Crippen molar-refractivity contribution < 1.29 is 19.4 Å². The van der Waals surface area contributed by atoms with E-state index in [-0.39, 0.29) is 6.09 Å². The van der Waals surface area contributed by atoms with Crippen molar-refractivity contribution in [3.05, 3.63) is 29.8 Å². The zero-order valence-electron chi connectivity index (χ0n) is 13.4. The van der Waals surface area contributed by atoms with Gasteiger partial charge in [0, 0.05) is 31.1 Å². The van der Waals surface area contributed by atoms with Crippen molar-refractivity contribution in [3.63, 3.8) is 0 Å². The van der Waals surface area contributed by atoms with E-state index in [0.29, 0.717) is 32.8 Å². The average Bonchev–Trinajstić information content (AvgIpc) is 2.56. The highest BCUT2D eigenvalue weighted by atomic mass is 32.2. The van der Waals surface area contributed by atoms with Gasteiger partial charge in [-0.25, -0.2) is 4.79 Å². The number of thioether (sulfide) groups is 1. The Morgan fingerprint density at radius 2 is 1.91 bits per heavy atom. The van der Waals surface area contributed by atoms with Gasteiger partial charge in [-0.2, -0.15) is 0 Å². The first-order valence-electron chi connectivity index (χ1n) is 7.60. The minimum absolute atomic E-state index is 0.330. The monoisotopic (exact) mass is 338 g/mol. The number of ether oxygens (including phenoxy) is 1. The van der Waals surface area contributed by atoms with E-state index in [2.05, 4.69) is 0 Å². The highest BCUT2D eigenvalue weighted by Crippen LogP contribution is 2.30. The second-order valence-electron chi connectivity index (χ2n) is 5.20. The third kappa shape index (κ3) is 4.17. The quantitative estimate of drug-likeness (QED) is 0.831. The summed E-state index contributed by atoms with van der Waals surface area (Å²) in [5.41, 5.74) is 0.803. The standard InChI is InChI=1S/C16H22N2O4S/c1-3-22-16(21)18-10-8-17(9-11-18)14(15(19)20)12-6-4-5-7-13(12)23-2/h4-7,14H,3,8-11H2,1-2H3,(H,19,20)/t14-/m0/s1. The fraction of sp³-hybridized carbons (Fsp3) is 0.500. The number of hydrogen-bond acceptors (Lipinski definition) is 5. The molecule has 1 N–H and O–H groups in total. The first kappa shape index (κ1) is 17.6. The number of amides is 1. The van der Waals surface area contributed by atoms with Crippen molar-refractivity contribution in [2.75, 3.05) is 39.0 Å². The SMILES string of the molecule is CCOC(=O)N1CCN([C@H](C(=O)O)c2ccccc2SC)CC1.